The number of ether oxygens (including phenoxy) is 1. The first-order valence-corrected chi connectivity index (χ1v) is 8.02. The highest BCUT2D eigenvalue weighted by atomic mass is 16.5. The molecule has 1 heterocycles. The lowest BCUT2D eigenvalue weighted by Crippen LogP contribution is -2.39. The van der Waals surface area contributed by atoms with Crippen molar-refractivity contribution in [3.8, 4) is 5.75 Å². The number of hydrogen-bond donors (Lipinski definition) is 1. The van der Waals surface area contributed by atoms with Crippen molar-refractivity contribution in [1.82, 2.24) is 4.90 Å². The minimum absolute atomic E-state index is 0.235. The molecule has 4 heteroatoms. The van der Waals surface area contributed by atoms with Gasteiger partial charge in [0.25, 0.3) is 0 Å². The van der Waals surface area contributed by atoms with Crippen LogP contribution >= 0.6 is 0 Å². The first-order chi connectivity index (χ1) is 10.3. The quantitative estimate of drug-likeness (QED) is 0.867. The molecule has 0 bridgehead atoms. The molecule has 2 aliphatic rings. The van der Waals surface area contributed by atoms with Gasteiger partial charge in [0, 0.05) is 12.6 Å². The molecule has 114 valence electrons. The number of anilines is 1. The summed E-state index contributed by atoms with van der Waals surface area (Å²) in [5.41, 5.74) is 6.45. The molecule has 0 aromatic heterocycles. The van der Waals surface area contributed by atoms with Crippen LogP contribution in [0.15, 0.2) is 24.3 Å². The fourth-order valence-electron chi connectivity index (χ4n) is 3.72. The van der Waals surface area contributed by atoms with E-state index >= 15 is 0 Å². The van der Waals surface area contributed by atoms with Crippen molar-refractivity contribution >= 4 is 11.6 Å². The molecule has 1 aliphatic carbocycles. The molecule has 2 atom stereocenters. The molecule has 2 unspecified atom stereocenters. The van der Waals surface area contributed by atoms with Crippen molar-refractivity contribution in [2.45, 2.75) is 44.6 Å². The van der Waals surface area contributed by atoms with Crippen LogP contribution in [0.1, 0.15) is 38.5 Å². The topological polar surface area (TPSA) is 55.6 Å². The number of para-hydroxylation sites is 2. The average molecular weight is 288 g/mol. The molecule has 1 amide bonds. The van der Waals surface area contributed by atoms with Crippen LogP contribution in [0.5, 0.6) is 5.75 Å². The van der Waals surface area contributed by atoms with Crippen molar-refractivity contribution in [2.24, 2.45) is 5.92 Å². The van der Waals surface area contributed by atoms with E-state index in [1.807, 2.05) is 24.3 Å². The maximum atomic E-state index is 12.4. The number of likely N-dealkylation sites (tertiary alicyclic amines) is 1. The zero-order valence-corrected chi connectivity index (χ0v) is 12.5. The third-order valence-corrected chi connectivity index (χ3v) is 4.82. The van der Waals surface area contributed by atoms with E-state index in [0.29, 0.717) is 30.5 Å². The monoisotopic (exact) mass is 288 g/mol. The van der Waals surface area contributed by atoms with Crippen molar-refractivity contribution in [2.75, 3.05) is 18.9 Å². The molecule has 1 aliphatic heterocycles. The Hall–Kier alpha value is -1.71. The maximum absolute atomic E-state index is 12.4. The number of nitrogen functional groups attached to an aromatic ring is 1. The molecule has 1 aromatic carbocycles. The van der Waals surface area contributed by atoms with Gasteiger partial charge in [-0.15, -0.1) is 0 Å². The Labute approximate surface area is 126 Å². The zero-order valence-electron chi connectivity index (χ0n) is 12.5. The number of rotatable bonds is 4. The molecule has 0 radical (unpaired) electrons. The van der Waals surface area contributed by atoms with Crippen molar-refractivity contribution in [3.63, 3.8) is 0 Å². The summed E-state index contributed by atoms with van der Waals surface area (Å²) >= 11 is 0. The summed E-state index contributed by atoms with van der Waals surface area (Å²) in [6, 6.07) is 7.91. The number of carbonyl (C=O) groups excluding carboxylic acids is 1. The van der Waals surface area contributed by atoms with E-state index in [-0.39, 0.29) is 5.91 Å². The predicted octanol–water partition coefficient (Wildman–Crippen LogP) is 2.83. The summed E-state index contributed by atoms with van der Waals surface area (Å²) in [6.45, 7) is 1.34. The summed E-state index contributed by atoms with van der Waals surface area (Å²) in [5.74, 6) is 1.65. The summed E-state index contributed by atoms with van der Waals surface area (Å²) in [7, 11) is 0. The van der Waals surface area contributed by atoms with Crippen LogP contribution < -0.4 is 10.5 Å². The Kier molecular flexibility index (Phi) is 4.32. The molecule has 2 fully saturated rings. The van der Waals surface area contributed by atoms with Crippen LogP contribution in [0.3, 0.4) is 0 Å². The molecule has 1 saturated heterocycles. The highest BCUT2D eigenvalue weighted by Crippen LogP contribution is 2.36. The smallest absolute Gasteiger partial charge is 0.226 e. The van der Waals surface area contributed by atoms with E-state index in [1.54, 1.807) is 0 Å². The van der Waals surface area contributed by atoms with Gasteiger partial charge in [0.05, 0.1) is 18.7 Å². The Balaban J connectivity index is 1.49. The first-order valence-electron chi connectivity index (χ1n) is 8.02. The third-order valence-electron chi connectivity index (χ3n) is 4.82. The lowest BCUT2D eigenvalue weighted by Gasteiger charge is -2.31. The fourth-order valence-corrected chi connectivity index (χ4v) is 3.72. The van der Waals surface area contributed by atoms with Gasteiger partial charge in [0.15, 0.2) is 0 Å². The van der Waals surface area contributed by atoms with Crippen LogP contribution in [0, 0.1) is 5.92 Å². The van der Waals surface area contributed by atoms with Crippen molar-refractivity contribution in [3.05, 3.63) is 24.3 Å². The molecule has 2 N–H and O–H groups in total. The standard InChI is InChI=1S/C17H24N2O2/c18-14-6-2-4-8-16(14)21-12-10-17(20)19-11-9-13-5-1-3-7-15(13)19/h2,4,6,8,13,15H,1,3,5,7,9-12,18H2. The highest BCUT2D eigenvalue weighted by molar-refractivity contribution is 5.77. The minimum Gasteiger partial charge on any atom is -0.491 e. The second-order valence-electron chi connectivity index (χ2n) is 6.12. The van der Waals surface area contributed by atoms with E-state index in [0.717, 1.165) is 12.5 Å². The van der Waals surface area contributed by atoms with Gasteiger partial charge in [-0.2, -0.15) is 0 Å². The van der Waals surface area contributed by atoms with E-state index in [4.69, 9.17) is 10.5 Å². The normalized spacial score (nSPS) is 24.7. The van der Waals surface area contributed by atoms with Crippen LogP contribution in [0.4, 0.5) is 5.69 Å². The molecule has 0 spiro atoms. The Morgan fingerprint density at radius 2 is 2.05 bits per heavy atom. The predicted molar refractivity (Wildman–Crippen MR) is 83.0 cm³/mol. The second-order valence-corrected chi connectivity index (χ2v) is 6.12. The highest BCUT2D eigenvalue weighted by Gasteiger charge is 2.37. The van der Waals surface area contributed by atoms with E-state index in [9.17, 15) is 4.79 Å². The van der Waals surface area contributed by atoms with Gasteiger partial charge in [0.1, 0.15) is 5.75 Å². The lowest BCUT2D eigenvalue weighted by atomic mass is 9.85. The zero-order chi connectivity index (χ0) is 14.7. The number of nitrogens with zero attached hydrogens (tertiary/aromatic N) is 1. The summed E-state index contributed by atoms with van der Waals surface area (Å²) in [5, 5.41) is 0. The molecule has 1 aromatic rings. The molecular weight excluding hydrogens is 264 g/mol. The number of fused-ring (bicyclic) bond motifs is 1. The summed E-state index contributed by atoms with van der Waals surface area (Å²) < 4.78 is 5.63. The lowest BCUT2D eigenvalue weighted by molar-refractivity contribution is -0.133. The summed E-state index contributed by atoms with van der Waals surface area (Å²) in [4.78, 5) is 14.5. The molecular formula is C17H24N2O2. The van der Waals surface area contributed by atoms with Crippen LogP contribution in [0.2, 0.25) is 0 Å². The maximum Gasteiger partial charge on any atom is 0.226 e. The first kappa shape index (κ1) is 14.2. The van der Waals surface area contributed by atoms with Crippen molar-refractivity contribution in [1.29, 1.82) is 0 Å². The molecule has 3 rings (SSSR count). The van der Waals surface area contributed by atoms with Gasteiger partial charge in [0.2, 0.25) is 5.91 Å². The van der Waals surface area contributed by atoms with Crippen LogP contribution in [-0.2, 0) is 4.79 Å². The number of benzene rings is 1. The molecule has 21 heavy (non-hydrogen) atoms. The van der Waals surface area contributed by atoms with Gasteiger partial charge in [-0.05, 0) is 37.3 Å². The third kappa shape index (κ3) is 3.14. The largest absolute Gasteiger partial charge is 0.491 e. The van der Waals surface area contributed by atoms with Gasteiger partial charge >= 0.3 is 0 Å². The van der Waals surface area contributed by atoms with Gasteiger partial charge in [-0.3, -0.25) is 4.79 Å². The second kappa shape index (κ2) is 6.37. The van der Waals surface area contributed by atoms with E-state index in [1.165, 1.54) is 32.1 Å². The van der Waals surface area contributed by atoms with Gasteiger partial charge < -0.3 is 15.4 Å². The van der Waals surface area contributed by atoms with Crippen LogP contribution in [-0.4, -0.2) is 30.0 Å². The SMILES string of the molecule is Nc1ccccc1OCCC(=O)N1CCC2CCCCC21. The number of carbonyl (C=O) groups is 1. The fraction of sp³-hybridized carbons (Fsp3) is 0.588. The molecule has 1 saturated carbocycles. The number of nitrogens with two attached hydrogens (primary N) is 1. The molecule has 4 nitrogen and oxygen atoms in total. The Bertz CT molecular complexity index is 503. The summed E-state index contributed by atoms with van der Waals surface area (Å²) in [6.07, 6.45) is 6.70. The Morgan fingerprint density at radius 1 is 1.24 bits per heavy atom. The number of amides is 1. The van der Waals surface area contributed by atoms with Crippen molar-refractivity contribution < 1.29 is 9.53 Å². The van der Waals surface area contributed by atoms with Gasteiger partial charge in [-0.1, -0.05) is 25.0 Å². The minimum atomic E-state index is 0.235. The van der Waals surface area contributed by atoms with Crippen LogP contribution in [0.25, 0.3) is 0 Å². The van der Waals surface area contributed by atoms with Gasteiger partial charge in [-0.25, -0.2) is 0 Å². The average Bonchev–Trinajstić information content (AvgIpc) is 2.93. The number of hydrogen-bond acceptors (Lipinski definition) is 3. The van der Waals surface area contributed by atoms with E-state index in [2.05, 4.69) is 4.90 Å². The van der Waals surface area contributed by atoms with E-state index < -0.39 is 0 Å². The Morgan fingerprint density at radius 3 is 2.90 bits per heavy atom.